The van der Waals surface area contributed by atoms with E-state index in [1.807, 2.05) is 20.8 Å². The summed E-state index contributed by atoms with van der Waals surface area (Å²) in [5, 5.41) is 0. The summed E-state index contributed by atoms with van der Waals surface area (Å²) < 4.78 is 20.3. The predicted molar refractivity (Wildman–Crippen MR) is 130 cm³/mol. The molecule has 0 atom stereocenters. The van der Waals surface area contributed by atoms with Gasteiger partial charge in [0.05, 0.1) is 38.4 Å². The second-order valence-corrected chi connectivity index (χ2v) is 9.35. The Labute approximate surface area is 211 Å². The molecule has 2 heterocycles. The van der Waals surface area contributed by atoms with Gasteiger partial charge < -0.3 is 29.5 Å². The van der Waals surface area contributed by atoms with Crippen molar-refractivity contribution >= 4 is 17.8 Å². The number of rotatable bonds is 7. The van der Waals surface area contributed by atoms with E-state index in [2.05, 4.69) is 24.8 Å². The minimum atomic E-state index is -0.537. The van der Waals surface area contributed by atoms with Crippen LogP contribution in [0.25, 0.3) is 4.85 Å². The molecule has 0 unspecified atom stereocenters. The van der Waals surface area contributed by atoms with Gasteiger partial charge in [-0.1, -0.05) is 6.57 Å². The van der Waals surface area contributed by atoms with E-state index in [-0.39, 0.29) is 37.1 Å². The SMILES string of the molecule is COc1nc(CC(=O)OC(C)(C)C)cnc1CN.[C-]#[N+]c1ncc(CC(=O)OC(C)(C)C)nc1OC. The summed E-state index contributed by atoms with van der Waals surface area (Å²) in [4.78, 5) is 42.5. The van der Waals surface area contributed by atoms with Crippen molar-refractivity contribution < 1.29 is 28.5 Å². The van der Waals surface area contributed by atoms with Crippen LogP contribution >= 0.6 is 0 Å². The number of methoxy groups -OCH3 is 2. The van der Waals surface area contributed by atoms with Gasteiger partial charge in [0.1, 0.15) is 23.1 Å². The molecule has 36 heavy (non-hydrogen) atoms. The lowest BCUT2D eigenvalue weighted by atomic mass is 10.2. The number of carbonyl (C=O) groups excluding carboxylic acids is 2. The van der Waals surface area contributed by atoms with Crippen LogP contribution < -0.4 is 15.2 Å². The molecule has 0 amide bonds. The number of esters is 2. The van der Waals surface area contributed by atoms with Crippen molar-refractivity contribution in [3.63, 3.8) is 0 Å². The Hall–Kier alpha value is -3.85. The number of hydrogen-bond acceptors (Lipinski definition) is 11. The Morgan fingerprint density at radius 3 is 1.69 bits per heavy atom. The number of nitrogens with two attached hydrogens (primary N) is 1. The molecule has 0 radical (unpaired) electrons. The molecule has 0 saturated carbocycles. The van der Waals surface area contributed by atoms with Gasteiger partial charge >= 0.3 is 17.8 Å². The van der Waals surface area contributed by atoms with Crippen LogP contribution in [-0.2, 0) is 38.4 Å². The maximum Gasteiger partial charge on any atom is 0.331 e. The highest BCUT2D eigenvalue weighted by Crippen LogP contribution is 2.22. The lowest BCUT2D eigenvalue weighted by Gasteiger charge is -2.19. The second kappa shape index (κ2) is 13.3. The fourth-order valence-electron chi connectivity index (χ4n) is 2.57. The van der Waals surface area contributed by atoms with Crippen LogP contribution in [0.1, 0.15) is 58.6 Å². The van der Waals surface area contributed by atoms with Gasteiger partial charge in [0.15, 0.2) is 0 Å². The number of aromatic nitrogens is 4. The number of nitrogens with zero attached hydrogens (tertiary/aromatic N) is 5. The molecule has 0 aliphatic rings. The van der Waals surface area contributed by atoms with Crippen molar-refractivity contribution in [3.8, 4) is 11.8 Å². The molecule has 0 fully saturated rings. The van der Waals surface area contributed by atoms with Gasteiger partial charge in [0.25, 0.3) is 0 Å². The fourth-order valence-corrected chi connectivity index (χ4v) is 2.57. The highest BCUT2D eigenvalue weighted by atomic mass is 16.6. The van der Waals surface area contributed by atoms with Gasteiger partial charge in [0, 0.05) is 12.7 Å². The predicted octanol–water partition coefficient (Wildman–Crippen LogP) is 2.75. The van der Waals surface area contributed by atoms with Crippen LogP contribution in [-0.4, -0.2) is 57.3 Å². The summed E-state index contributed by atoms with van der Waals surface area (Å²) in [5.74, 6) is -0.205. The van der Waals surface area contributed by atoms with Crippen molar-refractivity contribution in [2.24, 2.45) is 5.73 Å². The quantitative estimate of drug-likeness (QED) is 0.439. The smallest absolute Gasteiger partial charge is 0.331 e. The third-order valence-corrected chi connectivity index (χ3v) is 3.81. The van der Waals surface area contributed by atoms with Gasteiger partial charge in [-0.2, -0.15) is 0 Å². The summed E-state index contributed by atoms with van der Waals surface area (Å²) in [7, 11) is 2.89. The molecule has 12 heteroatoms. The molecular formula is C24H34N6O6. The zero-order valence-corrected chi connectivity index (χ0v) is 22.0. The zero-order chi connectivity index (χ0) is 27.5. The Balaban J connectivity index is 0.000000360. The second-order valence-electron chi connectivity index (χ2n) is 9.35. The summed E-state index contributed by atoms with van der Waals surface area (Å²) in [6, 6.07) is 0. The topological polar surface area (TPSA) is 153 Å². The van der Waals surface area contributed by atoms with Crippen molar-refractivity contribution in [3.05, 3.63) is 40.9 Å². The first kappa shape index (κ1) is 30.2. The van der Waals surface area contributed by atoms with E-state index in [9.17, 15) is 9.59 Å². The fraction of sp³-hybridized carbons (Fsp3) is 0.542. The zero-order valence-electron chi connectivity index (χ0n) is 22.0. The first-order chi connectivity index (χ1) is 16.7. The standard InChI is InChI=1S/C12H15N3O3.C12H19N3O3/c1-12(2,3)18-9(16)6-8-7-14-10(13-4)11(15-8)17-5;1-12(2,3)18-10(16)5-8-7-14-9(6-13)11(15-8)17-4/h7H,6H2,1-3,5H3;7H,5-6,13H2,1-4H3. The monoisotopic (exact) mass is 502 g/mol. The molecule has 2 rings (SSSR count). The molecule has 196 valence electrons. The largest absolute Gasteiger partial charge is 0.488 e. The molecule has 2 aromatic heterocycles. The van der Waals surface area contributed by atoms with Gasteiger partial charge in [-0.05, 0) is 41.5 Å². The average Bonchev–Trinajstić information content (AvgIpc) is 2.76. The maximum absolute atomic E-state index is 11.6. The van der Waals surface area contributed by atoms with Gasteiger partial charge in [-0.15, -0.1) is 4.98 Å². The molecule has 0 aromatic carbocycles. The normalized spacial score (nSPS) is 10.9. The van der Waals surface area contributed by atoms with Crippen LogP contribution in [0.4, 0.5) is 5.82 Å². The molecule has 0 aliphatic carbocycles. The lowest BCUT2D eigenvalue weighted by Crippen LogP contribution is -2.25. The van der Waals surface area contributed by atoms with E-state index in [4.69, 9.17) is 31.3 Å². The van der Waals surface area contributed by atoms with E-state index in [0.29, 0.717) is 23.0 Å². The number of carbonyl (C=O) groups is 2. The Morgan fingerprint density at radius 1 is 0.861 bits per heavy atom. The Kier molecular flexibility index (Phi) is 11.1. The van der Waals surface area contributed by atoms with Crippen molar-refractivity contribution in [2.75, 3.05) is 14.2 Å². The van der Waals surface area contributed by atoms with Gasteiger partial charge in [-0.25, -0.2) is 9.97 Å². The van der Waals surface area contributed by atoms with E-state index < -0.39 is 17.2 Å². The molecule has 0 aliphatic heterocycles. The van der Waals surface area contributed by atoms with E-state index in [0.717, 1.165) is 0 Å². The molecule has 12 nitrogen and oxygen atoms in total. The third kappa shape index (κ3) is 11.1. The molecule has 2 N–H and O–H groups in total. The summed E-state index contributed by atoms with van der Waals surface area (Å²) in [6.45, 7) is 17.9. The number of ether oxygens (including phenoxy) is 4. The third-order valence-electron chi connectivity index (χ3n) is 3.81. The number of hydrogen-bond donors (Lipinski definition) is 1. The first-order valence-electron chi connectivity index (χ1n) is 11.0. The van der Waals surface area contributed by atoms with Crippen LogP contribution in [0.3, 0.4) is 0 Å². The molecule has 0 spiro atoms. The molecule has 0 bridgehead atoms. The Morgan fingerprint density at radius 2 is 1.31 bits per heavy atom. The first-order valence-corrected chi connectivity index (χ1v) is 11.0. The Bertz CT molecular complexity index is 1090. The molecular weight excluding hydrogens is 468 g/mol. The van der Waals surface area contributed by atoms with Crippen LogP contribution in [0.5, 0.6) is 11.8 Å². The lowest BCUT2D eigenvalue weighted by molar-refractivity contribution is -0.155. The minimum Gasteiger partial charge on any atom is -0.488 e. The minimum absolute atomic E-state index is 0.00108. The van der Waals surface area contributed by atoms with E-state index in [1.165, 1.54) is 26.6 Å². The van der Waals surface area contributed by atoms with E-state index in [1.54, 1.807) is 20.8 Å². The maximum atomic E-state index is 11.6. The highest BCUT2D eigenvalue weighted by Gasteiger charge is 2.19. The van der Waals surface area contributed by atoms with Crippen molar-refractivity contribution in [1.82, 2.24) is 19.9 Å². The highest BCUT2D eigenvalue weighted by molar-refractivity contribution is 5.73. The van der Waals surface area contributed by atoms with Crippen molar-refractivity contribution in [2.45, 2.75) is 72.1 Å². The van der Waals surface area contributed by atoms with Crippen molar-refractivity contribution in [1.29, 1.82) is 0 Å². The van der Waals surface area contributed by atoms with Crippen LogP contribution in [0, 0.1) is 6.57 Å². The van der Waals surface area contributed by atoms with Crippen LogP contribution in [0.2, 0.25) is 0 Å². The summed E-state index contributed by atoms with van der Waals surface area (Å²) >= 11 is 0. The van der Waals surface area contributed by atoms with Gasteiger partial charge in [0.2, 0.25) is 11.8 Å². The summed E-state index contributed by atoms with van der Waals surface area (Å²) in [5.41, 5.74) is 5.91. The van der Waals surface area contributed by atoms with Gasteiger partial charge in [-0.3, -0.25) is 14.6 Å². The molecule has 0 saturated heterocycles. The average molecular weight is 503 g/mol. The van der Waals surface area contributed by atoms with Crippen LogP contribution in [0.15, 0.2) is 12.4 Å². The van der Waals surface area contributed by atoms with E-state index >= 15 is 0 Å². The molecule has 2 aromatic rings. The summed E-state index contributed by atoms with van der Waals surface area (Å²) in [6.07, 6.45) is 2.94.